The Bertz CT molecular complexity index is 2000. The number of H-pyrrole nitrogens is 1. The van der Waals surface area contributed by atoms with Crippen LogP contribution in [0.5, 0.6) is 11.5 Å². The lowest BCUT2D eigenvalue weighted by Gasteiger charge is -2.41. The fraction of sp³-hybridized carbons (Fsp3) is 0.310. The van der Waals surface area contributed by atoms with Crippen molar-refractivity contribution in [1.82, 2.24) is 20.0 Å². The number of nitrogens with zero attached hydrogens (tertiary/aromatic N) is 2. The van der Waals surface area contributed by atoms with Gasteiger partial charge in [-0.15, -0.1) is 0 Å². The van der Waals surface area contributed by atoms with E-state index in [4.69, 9.17) is 4.74 Å². The third-order valence-corrected chi connectivity index (χ3v) is 8.48. The fourth-order valence-electron chi connectivity index (χ4n) is 6.45. The molecule has 0 spiro atoms. The van der Waals surface area contributed by atoms with Gasteiger partial charge in [0.2, 0.25) is 0 Å². The van der Waals surface area contributed by atoms with Crippen LogP contribution in [0.4, 0.5) is 0 Å². The van der Waals surface area contributed by atoms with Crippen LogP contribution in [0.2, 0.25) is 0 Å². The van der Waals surface area contributed by atoms with Crippen molar-refractivity contribution in [3.63, 3.8) is 0 Å². The molecule has 2 amide bonds. The van der Waals surface area contributed by atoms with Gasteiger partial charge >= 0.3 is 0 Å². The number of aliphatic hydroxyl groups excluding tert-OH is 6. The minimum absolute atomic E-state index is 0.0345. The van der Waals surface area contributed by atoms with Crippen LogP contribution < -0.4 is 5.43 Å². The van der Waals surface area contributed by atoms with Crippen molar-refractivity contribution < 1.29 is 55.2 Å². The number of aromatic nitrogens is 2. The quantitative estimate of drug-likeness (QED) is 0.107. The maximum Gasteiger partial charge on any atom is 0.276 e. The molecule has 3 aromatic carbocycles. The molecule has 4 heterocycles. The van der Waals surface area contributed by atoms with Crippen molar-refractivity contribution in [2.24, 2.45) is 0 Å². The summed E-state index contributed by atoms with van der Waals surface area (Å²) in [6.45, 7) is -1.90. The second kappa shape index (κ2) is 10.1. The number of aromatic amines is 1. The molecule has 10 N–H and O–H groups in total. The average Bonchev–Trinajstić information content (AvgIpc) is 3.63. The Morgan fingerprint density at radius 1 is 0.864 bits per heavy atom. The number of phenols is 2. The summed E-state index contributed by atoms with van der Waals surface area (Å²) in [4.78, 5) is 31.2. The first-order valence-electron chi connectivity index (χ1n) is 13.8. The summed E-state index contributed by atoms with van der Waals surface area (Å²) >= 11 is 0. The van der Waals surface area contributed by atoms with E-state index in [9.17, 15) is 50.4 Å². The molecule has 230 valence electrons. The monoisotopic (exact) mass is 608 g/mol. The number of phenolic OH excluding ortho intramolecular Hbond substituents is 2. The van der Waals surface area contributed by atoms with E-state index >= 15 is 0 Å². The van der Waals surface area contributed by atoms with Gasteiger partial charge in [0, 0.05) is 27.6 Å². The number of carbonyl (C=O) groups is 2. The molecule has 5 aromatic rings. The number of imide groups is 1. The van der Waals surface area contributed by atoms with Gasteiger partial charge in [0.15, 0.2) is 6.23 Å². The number of aliphatic hydroxyl groups is 6. The Labute approximate surface area is 246 Å². The highest BCUT2D eigenvalue weighted by molar-refractivity contribution is 6.39. The normalized spacial score (nSPS) is 24.2. The van der Waals surface area contributed by atoms with Gasteiger partial charge in [-0.25, -0.2) is 10.4 Å². The zero-order chi connectivity index (χ0) is 31.2. The van der Waals surface area contributed by atoms with Crippen molar-refractivity contribution >= 4 is 55.4 Å². The highest BCUT2D eigenvalue weighted by Gasteiger charge is 2.47. The molecule has 0 saturated carbocycles. The van der Waals surface area contributed by atoms with Gasteiger partial charge in [-0.3, -0.25) is 9.59 Å². The molecule has 0 aliphatic carbocycles. The molecular formula is C29H28N4O11. The molecule has 44 heavy (non-hydrogen) atoms. The van der Waals surface area contributed by atoms with E-state index in [0.29, 0.717) is 15.9 Å². The number of nitrogens with one attached hydrogen (secondary N) is 2. The van der Waals surface area contributed by atoms with E-state index in [-0.39, 0.29) is 55.3 Å². The van der Waals surface area contributed by atoms with Crippen molar-refractivity contribution in [3.05, 3.63) is 47.5 Å². The number of benzene rings is 3. The molecule has 15 nitrogen and oxygen atoms in total. The minimum Gasteiger partial charge on any atom is -0.508 e. The van der Waals surface area contributed by atoms with Crippen LogP contribution in [-0.2, 0) is 4.74 Å². The Balaban J connectivity index is 1.66. The molecule has 0 bridgehead atoms. The molecule has 2 aliphatic heterocycles. The second-order valence-corrected chi connectivity index (χ2v) is 11.0. The first-order chi connectivity index (χ1) is 21.1. The molecular weight excluding hydrogens is 580 g/mol. The smallest absolute Gasteiger partial charge is 0.276 e. The van der Waals surface area contributed by atoms with Crippen LogP contribution >= 0.6 is 0 Å². The predicted molar refractivity (Wildman–Crippen MR) is 153 cm³/mol. The van der Waals surface area contributed by atoms with Gasteiger partial charge in [0.1, 0.15) is 35.9 Å². The highest BCUT2D eigenvalue weighted by atomic mass is 16.6. The van der Waals surface area contributed by atoms with E-state index in [0.717, 1.165) is 0 Å². The molecule has 0 radical (unpaired) electrons. The van der Waals surface area contributed by atoms with E-state index in [1.165, 1.54) is 28.8 Å². The van der Waals surface area contributed by atoms with Crippen LogP contribution in [-0.4, -0.2) is 118 Å². The van der Waals surface area contributed by atoms with Gasteiger partial charge in [0.25, 0.3) is 11.8 Å². The van der Waals surface area contributed by atoms with Crippen LogP contribution in [0.3, 0.4) is 0 Å². The van der Waals surface area contributed by atoms with E-state index in [1.54, 1.807) is 12.1 Å². The first-order valence-corrected chi connectivity index (χ1v) is 13.8. The van der Waals surface area contributed by atoms with Crippen LogP contribution in [0.25, 0.3) is 43.6 Å². The largest absolute Gasteiger partial charge is 0.508 e. The van der Waals surface area contributed by atoms with E-state index < -0.39 is 68.3 Å². The SMILES string of the molecule is O=C1c2c(c3c4cccc(O)c4n([C@@H]4O[C@H](CO)[C@@H](O)[C@H](O)[C@H]4O)c3c3[nH]c4cc(O)ccc4c23)C(=O)N1NC(CO)CO. The van der Waals surface area contributed by atoms with Gasteiger partial charge in [-0.2, -0.15) is 0 Å². The van der Waals surface area contributed by atoms with Crippen molar-refractivity contribution in [3.8, 4) is 11.5 Å². The van der Waals surface area contributed by atoms with E-state index in [1.807, 2.05) is 0 Å². The zero-order valence-electron chi connectivity index (χ0n) is 22.7. The maximum absolute atomic E-state index is 14.1. The average molecular weight is 609 g/mol. The highest BCUT2D eigenvalue weighted by Crippen LogP contribution is 2.48. The fourth-order valence-corrected chi connectivity index (χ4v) is 6.45. The summed E-state index contributed by atoms with van der Waals surface area (Å²) in [7, 11) is 0. The summed E-state index contributed by atoms with van der Waals surface area (Å²) in [5, 5.41) is 84.7. The number of aromatic hydroxyl groups is 2. The van der Waals surface area contributed by atoms with Crippen LogP contribution in [0, 0.1) is 0 Å². The lowest BCUT2D eigenvalue weighted by Crippen LogP contribution is -2.56. The third kappa shape index (κ3) is 3.72. The predicted octanol–water partition coefficient (Wildman–Crippen LogP) is -0.734. The zero-order valence-corrected chi connectivity index (χ0v) is 22.7. The molecule has 1 fully saturated rings. The molecule has 2 aliphatic rings. The lowest BCUT2D eigenvalue weighted by molar-refractivity contribution is -0.249. The van der Waals surface area contributed by atoms with Gasteiger partial charge in [-0.1, -0.05) is 12.1 Å². The minimum atomic E-state index is -1.78. The van der Waals surface area contributed by atoms with Gasteiger partial charge in [-0.05, 0) is 18.2 Å². The molecule has 0 unspecified atom stereocenters. The van der Waals surface area contributed by atoms with Crippen LogP contribution in [0.1, 0.15) is 26.9 Å². The van der Waals surface area contributed by atoms with Crippen molar-refractivity contribution in [2.75, 3.05) is 19.8 Å². The Morgan fingerprint density at radius 2 is 1.57 bits per heavy atom. The molecule has 2 aromatic heterocycles. The summed E-state index contributed by atoms with van der Waals surface area (Å²) in [5.41, 5.74) is 3.29. The van der Waals surface area contributed by atoms with Crippen molar-refractivity contribution in [1.29, 1.82) is 0 Å². The third-order valence-electron chi connectivity index (χ3n) is 8.48. The van der Waals surface area contributed by atoms with Crippen LogP contribution in [0.15, 0.2) is 36.4 Å². The topological polar surface area (TPSA) is 241 Å². The number of ether oxygens (including phenoxy) is 1. The standard InChI is InChI=1S/C29H28N4O11/c34-7-10(8-35)31-33-27(42)19-17-12-5-4-11(37)6-14(12)30-21(17)23-18(20(19)28(33)43)13-2-1-3-15(38)22(13)32(23)29-26(41)25(40)24(39)16(9-36)44-29/h1-6,10,16,24-26,29-31,34-41H,7-9H2/t16-,24-,25+,26-,29-/m1/s1. The number of hydrogen-bond acceptors (Lipinski definition) is 12. The number of hydrogen-bond donors (Lipinski definition) is 10. The number of rotatable bonds is 6. The summed E-state index contributed by atoms with van der Waals surface area (Å²) in [5.74, 6) is -2.01. The Morgan fingerprint density at radius 3 is 2.25 bits per heavy atom. The summed E-state index contributed by atoms with van der Waals surface area (Å²) < 4.78 is 7.26. The maximum atomic E-state index is 14.1. The van der Waals surface area contributed by atoms with Gasteiger partial charge < -0.3 is 55.1 Å². The summed E-state index contributed by atoms with van der Waals surface area (Å²) in [6.07, 6.45) is -8.05. The number of para-hydroxylation sites is 1. The summed E-state index contributed by atoms with van der Waals surface area (Å²) in [6, 6.07) is 7.76. The number of fused-ring (bicyclic) bond motifs is 10. The number of carbonyl (C=O) groups excluding carboxylic acids is 2. The molecule has 15 heteroatoms. The molecule has 5 atom stereocenters. The number of amides is 2. The molecule has 7 rings (SSSR count). The van der Waals surface area contributed by atoms with Gasteiger partial charge in [0.05, 0.1) is 59.1 Å². The Kier molecular flexibility index (Phi) is 6.54. The first kappa shape index (κ1) is 28.5. The number of hydrazine groups is 1. The van der Waals surface area contributed by atoms with E-state index in [2.05, 4.69) is 10.4 Å². The Hall–Kier alpha value is -4.32. The lowest BCUT2D eigenvalue weighted by atomic mass is 9.96. The second-order valence-electron chi connectivity index (χ2n) is 11.0. The molecule has 1 saturated heterocycles. The van der Waals surface area contributed by atoms with Crippen molar-refractivity contribution in [2.45, 2.75) is 36.7 Å².